The van der Waals surface area contributed by atoms with Crippen LogP contribution in [0.2, 0.25) is 0 Å². The Labute approximate surface area is 172 Å². The van der Waals surface area contributed by atoms with Crippen molar-refractivity contribution in [3.05, 3.63) is 41.2 Å². The molecule has 2 heterocycles. The summed E-state index contributed by atoms with van der Waals surface area (Å²) in [6.45, 7) is 3.80. The fourth-order valence-corrected chi connectivity index (χ4v) is 3.67. The Morgan fingerprint density at radius 3 is 2.90 bits per heavy atom. The maximum atomic E-state index is 12.2. The molecule has 1 aromatic carbocycles. The van der Waals surface area contributed by atoms with Crippen LogP contribution in [0.4, 0.5) is 0 Å². The average Bonchev–Trinajstić information content (AvgIpc) is 3.05. The third-order valence-electron chi connectivity index (χ3n) is 4.01. The first kappa shape index (κ1) is 21.0. The van der Waals surface area contributed by atoms with Crippen molar-refractivity contribution in [1.82, 2.24) is 26.5 Å². The summed E-state index contributed by atoms with van der Waals surface area (Å²) in [5.41, 5.74) is 10.5. The van der Waals surface area contributed by atoms with Crippen molar-refractivity contribution in [2.45, 2.75) is 30.1 Å². The van der Waals surface area contributed by atoms with Crippen molar-refractivity contribution in [3.8, 4) is 6.07 Å². The highest BCUT2D eigenvalue weighted by molar-refractivity contribution is 8.00. The highest BCUT2D eigenvalue weighted by Crippen LogP contribution is 2.33. The molecule has 3 rings (SSSR count). The van der Waals surface area contributed by atoms with Crippen LogP contribution in [0.3, 0.4) is 0 Å². The van der Waals surface area contributed by atoms with Gasteiger partial charge in [0.2, 0.25) is 0 Å². The number of rotatable bonds is 7. The molecule has 0 spiro atoms. The molecule has 9 nitrogen and oxygen atoms in total. The first-order chi connectivity index (χ1) is 13.9. The minimum absolute atomic E-state index is 0.0609. The SMILES string of the molecule is CC(C)Sc1c(C#N)cnc2ccc(/C=C3\NN(NCC(O)CO)NC3=O)cc12. The van der Waals surface area contributed by atoms with Crippen LogP contribution in [-0.4, -0.2) is 50.8 Å². The van der Waals surface area contributed by atoms with Crippen LogP contribution in [0.25, 0.3) is 17.0 Å². The number of benzene rings is 1. The number of amides is 1. The van der Waals surface area contributed by atoms with Gasteiger partial charge in [-0.05, 0) is 23.8 Å². The highest BCUT2D eigenvalue weighted by atomic mass is 32.2. The molecule has 29 heavy (non-hydrogen) atoms. The molecule has 152 valence electrons. The third kappa shape index (κ3) is 5.03. The Morgan fingerprint density at radius 2 is 2.21 bits per heavy atom. The summed E-state index contributed by atoms with van der Waals surface area (Å²) in [6.07, 6.45) is 2.32. The molecule has 1 unspecified atom stereocenters. The van der Waals surface area contributed by atoms with E-state index in [0.29, 0.717) is 16.5 Å². The third-order valence-corrected chi connectivity index (χ3v) is 5.16. The van der Waals surface area contributed by atoms with Crippen molar-refractivity contribution in [2.75, 3.05) is 13.2 Å². The van der Waals surface area contributed by atoms with Gasteiger partial charge in [-0.3, -0.25) is 20.6 Å². The Hall–Kier alpha value is -2.68. The lowest BCUT2D eigenvalue weighted by molar-refractivity contribution is -0.119. The van der Waals surface area contributed by atoms with Crippen molar-refractivity contribution in [2.24, 2.45) is 0 Å². The number of carbonyl (C=O) groups is 1. The van der Waals surface area contributed by atoms with Crippen LogP contribution in [0.5, 0.6) is 0 Å². The molecular weight excluding hydrogens is 392 g/mol. The van der Waals surface area contributed by atoms with E-state index in [-0.39, 0.29) is 19.1 Å². The summed E-state index contributed by atoms with van der Waals surface area (Å²) in [6, 6.07) is 7.80. The van der Waals surface area contributed by atoms with Crippen LogP contribution in [-0.2, 0) is 4.79 Å². The smallest absolute Gasteiger partial charge is 0.285 e. The molecule has 10 heteroatoms. The molecule has 0 aliphatic carbocycles. The molecule has 1 amide bonds. The standard InChI is InChI=1S/C19H22N6O3S/c1-11(2)29-18-13(7-20)8-21-16-4-3-12(5-15(16)18)6-17-19(28)24-25(23-17)22-9-14(27)10-26/h3-6,8,11,14,22-23,26-27H,9-10H2,1-2H3,(H,24,28)/b17-6-. The fourth-order valence-electron chi connectivity index (χ4n) is 2.68. The van der Waals surface area contributed by atoms with Gasteiger partial charge < -0.3 is 10.2 Å². The molecule has 0 bridgehead atoms. The number of hydrogen-bond donors (Lipinski definition) is 5. The van der Waals surface area contributed by atoms with Crippen molar-refractivity contribution >= 4 is 34.6 Å². The lowest BCUT2D eigenvalue weighted by atomic mass is 10.1. The minimum atomic E-state index is -0.944. The maximum absolute atomic E-state index is 12.2. The van der Waals surface area contributed by atoms with E-state index in [1.165, 1.54) is 5.23 Å². The van der Waals surface area contributed by atoms with E-state index >= 15 is 0 Å². The number of carbonyl (C=O) groups excluding carboxylic acids is 1. The number of aliphatic hydroxyl groups excluding tert-OH is 2. The van der Waals surface area contributed by atoms with E-state index in [4.69, 9.17) is 5.11 Å². The van der Waals surface area contributed by atoms with Gasteiger partial charge in [0, 0.05) is 28.3 Å². The number of hydrazine groups is 3. The maximum Gasteiger partial charge on any atom is 0.285 e. The van der Waals surface area contributed by atoms with Crippen LogP contribution in [0, 0.1) is 11.3 Å². The second kappa shape index (κ2) is 9.21. The summed E-state index contributed by atoms with van der Waals surface area (Å²) in [5.74, 6) is -0.350. The first-order valence-electron chi connectivity index (χ1n) is 9.02. The molecule has 2 aromatic rings. The van der Waals surface area contributed by atoms with Gasteiger partial charge in [-0.1, -0.05) is 25.1 Å². The number of aromatic nitrogens is 1. The monoisotopic (exact) mass is 414 g/mol. The zero-order chi connectivity index (χ0) is 21.0. The molecule has 1 atom stereocenters. The number of nitrogens with one attached hydrogen (secondary N) is 3. The topological polar surface area (TPSA) is 134 Å². The fraction of sp³-hybridized carbons (Fsp3) is 0.316. The predicted molar refractivity (Wildman–Crippen MR) is 110 cm³/mol. The summed E-state index contributed by atoms with van der Waals surface area (Å²) in [4.78, 5) is 17.4. The molecule has 1 fully saturated rings. The molecular formula is C19H22N6O3S. The van der Waals surface area contributed by atoms with Crippen molar-refractivity contribution in [1.29, 1.82) is 5.26 Å². The summed E-state index contributed by atoms with van der Waals surface area (Å²) < 4.78 is 0. The lowest BCUT2D eigenvalue weighted by Gasteiger charge is -2.17. The van der Waals surface area contributed by atoms with E-state index in [2.05, 4.69) is 41.2 Å². The van der Waals surface area contributed by atoms with Gasteiger partial charge in [0.25, 0.3) is 5.91 Å². The number of fused-ring (bicyclic) bond motifs is 1. The molecule has 0 radical (unpaired) electrons. The summed E-state index contributed by atoms with van der Waals surface area (Å²) >= 11 is 1.60. The molecule has 1 aromatic heterocycles. The average molecular weight is 414 g/mol. The van der Waals surface area contributed by atoms with Crippen LogP contribution < -0.4 is 16.3 Å². The quantitative estimate of drug-likeness (QED) is 0.327. The van der Waals surface area contributed by atoms with Crippen molar-refractivity contribution < 1.29 is 15.0 Å². The highest BCUT2D eigenvalue weighted by Gasteiger charge is 2.24. The zero-order valence-electron chi connectivity index (χ0n) is 16.0. The van der Waals surface area contributed by atoms with Gasteiger partial charge in [0.1, 0.15) is 11.8 Å². The van der Waals surface area contributed by atoms with E-state index in [0.717, 1.165) is 21.4 Å². The van der Waals surface area contributed by atoms with Gasteiger partial charge in [-0.25, -0.2) is 5.43 Å². The van der Waals surface area contributed by atoms with Crippen molar-refractivity contribution in [3.63, 3.8) is 0 Å². The predicted octanol–water partition coefficient (Wildman–Crippen LogP) is 0.657. The van der Waals surface area contributed by atoms with Gasteiger partial charge in [0.15, 0.2) is 0 Å². The molecule has 1 aliphatic rings. The van der Waals surface area contributed by atoms with E-state index in [1.807, 2.05) is 18.2 Å². The molecule has 1 aliphatic heterocycles. The number of pyridine rings is 1. The zero-order valence-corrected chi connectivity index (χ0v) is 16.8. The molecule has 5 N–H and O–H groups in total. The molecule has 1 saturated heterocycles. The number of nitrogens with zero attached hydrogens (tertiary/aromatic N) is 3. The number of hydrogen-bond acceptors (Lipinski definition) is 9. The van der Waals surface area contributed by atoms with Gasteiger partial charge >= 0.3 is 0 Å². The van der Waals surface area contributed by atoms with E-state index < -0.39 is 6.10 Å². The second-order valence-corrected chi connectivity index (χ2v) is 8.29. The van der Waals surface area contributed by atoms with Crippen LogP contribution in [0.1, 0.15) is 25.0 Å². The normalized spacial score (nSPS) is 16.8. The first-order valence-corrected chi connectivity index (χ1v) is 9.90. The second-order valence-electron chi connectivity index (χ2n) is 6.70. The Kier molecular flexibility index (Phi) is 6.68. The van der Waals surface area contributed by atoms with Crippen LogP contribution >= 0.6 is 11.8 Å². The Balaban J connectivity index is 1.88. The lowest BCUT2D eigenvalue weighted by Crippen LogP contribution is -2.52. The molecule has 0 saturated carbocycles. The van der Waals surface area contributed by atoms with Crippen LogP contribution in [0.15, 0.2) is 35.0 Å². The Bertz CT molecular complexity index is 988. The number of aliphatic hydroxyl groups is 2. The van der Waals surface area contributed by atoms with Gasteiger partial charge in [-0.2, -0.15) is 5.26 Å². The van der Waals surface area contributed by atoms with Gasteiger partial charge in [-0.15, -0.1) is 11.8 Å². The number of thioether (sulfide) groups is 1. The van der Waals surface area contributed by atoms with Gasteiger partial charge in [0.05, 0.1) is 23.8 Å². The number of nitriles is 1. The Morgan fingerprint density at radius 1 is 1.41 bits per heavy atom. The largest absolute Gasteiger partial charge is 0.394 e. The van der Waals surface area contributed by atoms with E-state index in [9.17, 15) is 15.2 Å². The summed E-state index contributed by atoms with van der Waals surface area (Å²) in [7, 11) is 0. The minimum Gasteiger partial charge on any atom is -0.394 e. The van der Waals surface area contributed by atoms with E-state index in [1.54, 1.807) is 24.0 Å². The summed E-state index contributed by atoms with van der Waals surface area (Å²) in [5, 5.41) is 30.1.